The summed E-state index contributed by atoms with van der Waals surface area (Å²) in [4.78, 5) is 0. The van der Waals surface area contributed by atoms with E-state index in [1.807, 2.05) is 0 Å². The van der Waals surface area contributed by atoms with Crippen LogP contribution in [0.3, 0.4) is 0 Å². The zero-order valence-electron chi connectivity index (χ0n) is 13.4. The Hall–Kier alpha value is 0.0900. The Morgan fingerprint density at radius 1 is 0.955 bits per heavy atom. The largest absolute Gasteiger partial charge is 0.250 e. The zero-order chi connectivity index (χ0) is 16.3. The minimum atomic E-state index is -3.31. The van der Waals surface area contributed by atoms with E-state index >= 15 is 0 Å². The summed E-state index contributed by atoms with van der Waals surface area (Å²) in [5, 5.41) is 0. The fourth-order valence-electron chi connectivity index (χ4n) is 2.33. The van der Waals surface area contributed by atoms with Gasteiger partial charge in [-0.15, -0.1) is 11.3 Å². The van der Waals surface area contributed by atoms with E-state index in [0.717, 1.165) is 16.6 Å². The molecule has 0 saturated heterocycles. The van der Waals surface area contributed by atoms with Gasteiger partial charge in [0.1, 0.15) is 4.21 Å². The highest BCUT2D eigenvalue weighted by Crippen LogP contribution is 2.25. The van der Waals surface area contributed by atoms with Crippen LogP contribution in [0.15, 0.2) is 20.1 Å². The van der Waals surface area contributed by atoms with Crippen LogP contribution in [0.2, 0.25) is 0 Å². The molecule has 0 aliphatic carbocycles. The highest BCUT2D eigenvalue weighted by molar-refractivity contribution is 9.11. The average Bonchev–Trinajstić information content (AvgIpc) is 2.92. The average molecular weight is 410 g/mol. The highest BCUT2D eigenvalue weighted by Gasteiger charge is 2.15. The maximum absolute atomic E-state index is 12.0. The van der Waals surface area contributed by atoms with Crippen molar-refractivity contribution in [2.24, 2.45) is 0 Å². The van der Waals surface area contributed by atoms with Crippen LogP contribution in [0.4, 0.5) is 0 Å². The fourth-order valence-corrected chi connectivity index (χ4v) is 5.46. The van der Waals surface area contributed by atoms with Crippen LogP contribution in [0.5, 0.6) is 0 Å². The van der Waals surface area contributed by atoms with Crippen molar-refractivity contribution in [1.82, 2.24) is 4.72 Å². The van der Waals surface area contributed by atoms with E-state index in [4.69, 9.17) is 0 Å². The van der Waals surface area contributed by atoms with Crippen molar-refractivity contribution in [3.05, 3.63) is 15.9 Å². The maximum Gasteiger partial charge on any atom is 0.250 e. The number of rotatable bonds is 13. The molecular weight excluding hydrogens is 382 g/mol. The number of thiophene rings is 1. The SMILES string of the molecule is CCCCCCCCCCCCNS(=O)(=O)c1ccc(Br)s1. The first-order valence-corrected chi connectivity index (χ1v) is 11.4. The van der Waals surface area contributed by atoms with Gasteiger partial charge in [-0.1, -0.05) is 64.7 Å². The van der Waals surface area contributed by atoms with Crippen LogP contribution in [0.25, 0.3) is 0 Å². The molecule has 0 aromatic carbocycles. The molecule has 0 fully saturated rings. The maximum atomic E-state index is 12.0. The first kappa shape index (κ1) is 20.1. The molecule has 1 heterocycles. The number of unbranched alkanes of at least 4 members (excludes halogenated alkanes) is 9. The Kier molecular flexibility index (Phi) is 10.6. The molecule has 3 nitrogen and oxygen atoms in total. The van der Waals surface area contributed by atoms with E-state index < -0.39 is 10.0 Å². The van der Waals surface area contributed by atoms with E-state index in [-0.39, 0.29) is 0 Å². The Morgan fingerprint density at radius 3 is 2.00 bits per heavy atom. The first-order chi connectivity index (χ1) is 10.6. The van der Waals surface area contributed by atoms with Gasteiger partial charge in [0.05, 0.1) is 3.79 Å². The van der Waals surface area contributed by atoms with Gasteiger partial charge >= 0.3 is 0 Å². The second-order valence-electron chi connectivity index (χ2n) is 5.64. The van der Waals surface area contributed by atoms with Gasteiger partial charge in [-0.05, 0) is 34.5 Å². The predicted octanol–water partition coefficient (Wildman–Crippen LogP) is 5.71. The van der Waals surface area contributed by atoms with E-state index in [1.165, 1.54) is 62.7 Å². The van der Waals surface area contributed by atoms with Gasteiger partial charge in [0.2, 0.25) is 10.0 Å². The van der Waals surface area contributed by atoms with Crippen LogP contribution in [-0.4, -0.2) is 15.0 Å². The molecule has 1 rings (SSSR count). The normalized spacial score (nSPS) is 11.9. The minimum absolute atomic E-state index is 0.381. The summed E-state index contributed by atoms with van der Waals surface area (Å²) in [6.07, 6.45) is 12.6. The minimum Gasteiger partial charge on any atom is -0.210 e. The molecule has 0 aliphatic heterocycles. The molecule has 128 valence electrons. The van der Waals surface area contributed by atoms with Crippen LogP contribution < -0.4 is 4.72 Å². The zero-order valence-corrected chi connectivity index (χ0v) is 16.7. The number of hydrogen-bond donors (Lipinski definition) is 1. The van der Waals surface area contributed by atoms with Gasteiger partial charge in [0, 0.05) is 6.54 Å². The van der Waals surface area contributed by atoms with Crippen molar-refractivity contribution in [2.45, 2.75) is 75.3 Å². The Labute approximate surface area is 148 Å². The molecule has 0 bridgehead atoms. The first-order valence-electron chi connectivity index (χ1n) is 8.31. The van der Waals surface area contributed by atoms with E-state index in [0.29, 0.717) is 10.8 Å². The van der Waals surface area contributed by atoms with E-state index in [1.54, 1.807) is 12.1 Å². The molecule has 22 heavy (non-hydrogen) atoms. The molecule has 0 unspecified atom stereocenters. The summed E-state index contributed by atoms with van der Waals surface area (Å²) in [6, 6.07) is 3.40. The van der Waals surface area contributed by atoms with Gasteiger partial charge in [0.15, 0.2) is 0 Å². The molecule has 0 saturated carbocycles. The monoisotopic (exact) mass is 409 g/mol. The smallest absolute Gasteiger partial charge is 0.210 e. The third-order valence-corrected chi connectivity index (χ3v) is 7.21. The third kappa shape index (κ3) is 8.65. The number of hydrogen-bond acceptors (Lipinski definition) is 3. The van der Waals surface area contributed by atoms with Crippen molar-refractivity contribution in [3.63, 3.8) is 0 Å². The van der Waals surface area contributed by atoms with Crippen molar-refractivity contribution in [2.75, 3.05) is 6.54 Å². The van der Waals surface area contributed by atoms with Gasteiger partial charge in [-0.25, -0.2) is 13.1 Å². The summed E-state index contributed by atoms with van der Waals surface area (Å²) >= 11 is 4.53. The third-order valence-electron chi connectivity index (χ3n) is 3.64. The molecule has 0 radical (unpaired) electrons. The fraction of sp³-hybridized carbons (Fsp3) is 0.750. The summed E-state index contributed by atoms with van der Waals surface area (Å²) in [7, 11) is -3.31. The lowest BCUT2D eigenvalue weighted by Crippen LogP contribution is -2.23. The molecule has 0 atom stereocenters. The topological polar surface area (TPSA) is 46.2 Å². The lowest BCUT2D eigenvalue weighted by molar-refractivity contribution is 0.549. The molecule has 6 heteroatoms. The summed E-state index contributed by atoms with van der Waals surface area (Å²) in [5.41, 5.74) is 0. The second-order valence-corrected chi connectivity index (χ2v) is 10.1. The number of halogens is 1. The van der Waals surface area contributed by atoms with Crippen molar-refractivity contribution >= 4 is 37.3 Å². The van der Waals surface area contributed by atoms with Crippen LogP contribution >= 0.6 is 27.3 Å². The summed E-state index contributed by atoms with van der Waals surface area (Å²) in [6.45, 7) is 2.78. The highest BCUT2D eigenvalue weighted by atomic mass is 79.9. The molecule has 1 aromatic rings. The Morgan fingerprint density at radius 2 is 1.50 bits per heavy atom. The van der Waals surface area contributed by atoms with Crippen LogP contribution in [0, 0.1) is 0 Å². The molecular formula is C16H28BrNO2S2. The lowest BCUT2D eigenvalue weighted by Gasteiger charge is -2.05. The van der Waals surface area contributed by atoms with Gasteiger partial charge in [0.25, 0.3) is 0 Å². The predicted molar refractivity (Wildman–Crippen MR) is 99.1 cm³/mol. The van der Waals surface area contributed by atoms with Crippen LogP contribution in [0.1, 0.15) is 71.1 Å². The summed E-state index contributed by atoms with van der Waals surface area (Å²) < 4.78 is 27.9. The molecule has 0 aliphatic rings. The van der Waals surface area contributed by atoms with Crippen molar-refractivity contribution < 1.29 is 8.42 Å². The van der Waals surface area contributed by atoms with E-state index in [2.05, 4.69) is 27.6 Å². The molecule has 1 aromatic heterocycles. The van der Waals surface area contributed by atoms with Crippen molar-refractivity contribution in [1.29, 1.82) is 0 Å². The van der Waals surface area contributed by atoms with Gasteiger partial charge in [-0.3, -0.25) is 0 Å². The lowest BCUT2D eigenvalue weighted by atomic mass is 10.1. The Balaban J connectivity index is 1.99. The van der Waals surface area contributed by atoms with Gasteiger partial charge in [-0.2, -0.15) is 0 Å². The summed E-state index contributed by atoms with van der Waals surface area (Å²) in [5.74, 6) is 0. The molecule has 0 amide bonds. The molecule has 0 spiro atoms. The quantitative estimate of drug-likeness (QED) is 0.424. The number of sulfonamides is 1. The van der Waals surface area contributed by atoms with Crippen LogP contribution in [-0.2, 0) is 10.0 Å². The standard InChI is InChI=1S/C16H28BrNO2S2/c1-2-3-4-5-6-7-8-9-10-11-14-18-22(19,20)16-13-12-15(17)21-16/h12-13,18H,2-11,14H2,1H3. The molecule has 1 N–H and O–H groups in total. The number of nitrogens with one attached hydrogen (secondary N) is 1. The van der Waals surface area contributed by atoms with Crippen molar-refractivity contribution in [3.8, 4) is 0 Å². The second kappa shape index (κ2) is 11.6. The van der Waals surface area contributed by atoms with Gasteiger partial charge < -0.3 is 0 Å². The van der Waals surface area contributed by atoms with E-state index in [9.17, 15) is 8.42 Å². The Bertz CT molecular complexity index is 500.